The zero-order chi connectivity index (χ0) is 12.3. The van der Waals surface area contributed by atoms with Crippen molar-refractivity contribution >= 4 is 21.7 Å². The van der Waals surface area contributed by atoms with Crippen molar-refractivity contribution in [3.63, 3.8) is 0 Å². The maximum Gasteiger partial charge on any atom is 0.214 e. The first-order valence-corrected chi connectivity index (χ1v) is 6.02. The number of benzene rings is 1. The second kappa shape index (κ2) is 5.27. The molecule has 0 atom stereocenters. The second-order valence-corrected chi connectivity index (χ2v) is 4.72. The largest absolute Gasteiger partial charge is 0.355 e. The molecule has 2 nitrogen and oxygen atoms in total. The van der Waals surface area contributed by atoms with Crippen molar-refractivity contribution in [2.45, 2.75) is 6.54 Å². The van der Waals surface area contributed by atoms with Crippen LogP contribution in [0.2, 0.25) is 0 Å². The lowest BCUT2D eigenvalue weighted by Gasteiger charge is -2.18. The number of nitrogens with zero attached hydrogens (tertiary/aromatic N) is 2. The molecule has 2 rings (SSSR count). The molecule has 2 aromatic rings. The Bertz CT molecular complexity index is 516. The number of hydrogen-bond acceptors (Lipinski definition) is 2. The standard InChI is InChI=1S/C13H12BrFN2/c1-17(13-7-3-6-12(15)16-13)9-10-4-2-5-11(14)8-10/h2-8H,9H2,1H3. The van der Waals surface area contributed by atoms with Crippen molar-refractivity contribution in [2.75, 3.05) is 11.9 Å². The third-order valence-corrected chi connectivity index (χ3v) is 2.89. The van der Waals surface area contributed by atoms with Gasteiger partial charge in [0.05, 0.1) is 0 Å². The summed E-state index contributed by atoms with van der Waals surface area (Å²) in [5.41, 5.74) is 1.15. The third kappa shape index (κ3) is 3.27. The van der Waals surface area contributed by atoms with Crippen LogP contribution in [0.1, 0.15) is 5.56 Å². The third-order valence-electron chi connectivity index (χ3n) is 2.40. The molecule has 0 saturated carbocycles. The summed E-state index contributed by atoms with van der Waals surface area (Å²) in [6.07, 6.45) is 0. The molecule has 0 bridgehead atoms. The van der Waals surface area contributed by atoms with Gasteiger partial charge in [0, 0.05) is 18.1 Å². The second-order valence-electron chi connectivity index (χ2n) is 3.80. The molecule has 0 aliphatic heterocycles. The first-order chi connectivity index (χ1) is 8.15. The molecule has 0 aliphatic rings. The first kappa shape index (κ1) is 12.0. The fourth-order valence-electron chi connectivity index (χ4n) is 1.60. The Morgan fingerprint density at radius 2 is 2.00 bits per heavy atom. The van der Waals surface area contributed by atoms with Gasteiger partial charge in [0.15, 0.2) is 0 Å². The SMILES string of the molecule is CN(Cc1cccc(Br)c1)c1cccc(F)n1. The Morgan fingerprint density at radius 3 is 2.71 bits per heavy atom. The molecule has 0 spiro atoms. The highest BCUT2D eigenvalue weighted by atomic mass is 79.9. The van der Waals surface area contributed by atoms with Gasteiger partial charge in [-0.15, -0.1) is 0 Å². The lowest BCUT2D eigenvalue weighted by atomic mass is 10.2. The van der Waals surface area contributed by atoms with Gasteiger partial charge in [-0.1, -0.05) is 34.1 Å². The molecule has 0 N–H and O–H groups in total. The summed E-state index contributed by atoms with van der Waals surface area (Å²) < 4.78 is 14.0. The van der Waals surface area contributed by atoms with Crippen LogP contribution < -0.4 is 4.90 Å². The number of anilines is 1. The predicted molar refractivity (Wildman–Crippen MR) is 70.4 cm³/mol. The molecule has 0 aliphatic carbocycles. The molecule has 0 radical (unpaired) electrons. The van der Waals surface area contributed by atoms with Crippen molar-refractivity contribution in [3.8, 4) is 0 Å². The molecular formula is C13H12BrFN2. The summed E-state index contributed by atoms with van der Waals surface area (Å²) >= 11 is 3.43. The van der Waals surface area contributed by atoms with E-state index in [-0.39, 0.29) is 0 Å². The minimum Gasteiger partial charge on any atom is -0.355 e. The Balaban J connectivity index is 2.14. The van der Waals surface area contributed by atoms with E-state index in [1.807, 2.05) is 36.2 Å². The highest BCUT2D eigenvalue weighted by molar-refractivity contribution is 9.10. The van der Waals surface area contributed by atoms with Crippen molar-refractivity contribution < 1.29 is 4.39 Å². The van der Waals surface area contributed by atoms with Crippen molar-refractivity contribution in [2.24, 2.45) is 0 Å². The summed E-state index contributed by atoms with van der Waals surface area (Å²) in [5.74, 6) is 0.175. The summed E-state index contributed by atoms with van der Waals surface area (Å²) in [5, 5.41) is 0. The summed E-state index contributed by atoms with van der Waals surface area (Å²) in [6, 6.07) is 12.8. The van der Waals surface area contributed by atoms with Gasteiger partial charge in [-0.2, -0.15) is 4.39 Å². The monoisotopic (exact) mass is 294 g/mol. The molecular weight excluding hydrogens is 283 g/mol. The van der Waals surface area contributed by atoms with E-state index in [0.717, 1.165) is 10.0 Å². The molecule has 4 heteroatoms. The molecule has 17 heavy (non-hydrogen) atoms. The maximum absolute atomic E-state index is 13.0. The smallest absolute Gasteiger partial charge is 0.214 e. The minimum absolute atomic E-state index is 0.455. The van der Waals surface area contributed by atoms with Crippen LogP contribution in [0.15, 0.2) is 46.9 Å². The Kier molecular flexibility index (Phi) is 3.74. The molecule has 0 amide bonds. The van der Waals surface area contributed by atoms with Gasteiger partial charge in [0.25, 0.3) is 0 Å². The molecule has 0 unspecified atom stereocenters. The number of pyridine rings is 1. The average molecular weight is 295 g/mol. The van der Waals surface area contributed by atoms with Gasteiger partial charge in [-0.05, 0) is 29.8 Å². The van der Waals surface area contributed by atoms with E-state index in [1.54, 1.807) is 12.1 Å². The van der Waals surface area contributed by atoms with Gasteiger partial charge in [-0.3, -0.25) is 0 Å². The Labute approximate surface area is 108 Å². The van der Waals surface area contributed by atoms with Crippen LogP contribution in [0.25, 0.3) is 0 Å². The van der Waals surface area contributed by atoms with Gasteiger partial charge < -0.3 is 4.90 Å². The van der Waals surface area contributed by atoms with E-state index in [1.165, 1.54) is 6.07 Å². The quantitative estimate of drug-likeness (QED) is 0.804. The number of rotatable bonds is 3. The minimum atomic E-state index is -0.455. The Morgan fingerprint density at radius 1 is 1.24 bits per heavy atom. The van der Waals surface area contributed by atoms with Crippen molar-refractivity contribution in [1.82, 2.24) is 4.98 Å². The van der Waals surface area contributed by atoms with E-state index in [0.29, 0.717) is 12.4 Å². The molecule has 1 aromatic carbocycles. The van der Waals surface area contributed by atoms with Crippen LogP contribution in [-0.2, 0) is 6.54 Å². The van der Waals surface area contributed by atoms with E-state index in [4.69, 9.17) is 0 Å². The summed E-state index contributed by atoms with van der Waals surface area (Å²) in [4.78, 5) is 5.75. The van der Waals surface area contributed by atoms with E-state index < -0.39 is 5.95 Å². The zero-order valence-electron chi connectivity index (χ0n) is 9.40. The molecule has 0 fully saturated rings. The van der Waals surface area contributed by atoms with Gasteiger partial charge in [0.1, 0.15) is 5.82 Å². The number of halogens is 2. The van der Waals surface area contributed by atoms with E-state index in [9.17, 15) is 4.39 Å². The predicted octanol–water partition coefficient (Wildman–Crippen LogP) is 3.62. The molecule has 1 heterocycles. The van der Waals surface area contributed by atoms with Crippen LogP contribution in [0.4, 0.5) is 10.2 Å². The topological polar surface area (TPSA) is 16.1 Å². The average Bonchev–Trinajstić information content (AvgIpc) is 2.29. The van der Waals surface area contributed by atoms with Crippen molar-refractivity contribution in [1.29, 1.82) is 0 Å². The number of aromatic nitrogens is 1. The normalized spacial score (nSPS) is 10.3. The maximum atomic E-state index is 13.0. The van der Waals surface area contributed by atoms with Gasteiger partial charge in [0.2, 0.25) is 5.95 Å². The van der Waals surface area contributed by atoms with Crippen molar-refractivity contribution in [3.05, 3.63) is 58.4 Å². The van der Waals surface area contributed by atoms with Crippen LogP contribution in [0, 0.1) is 5.95 Å². The molecule has 88 valence electrons. The van der Waals surface area contributed by atoms with E-state index in [2.05, 4.69) is 20.9 Å². The van der Waals surface area contributed by atoms with Crippen LogP contribution in [0.3, 0.4) is 0 Å². The molecule has 0 saturated heterocycles. The van der Waals surface area contributed by atoms with Crippen LogP contribution in [-0.4, -0.2) is 12.0 Å². The van der Waals surface area contributed by atoms with Crippen LogP contribution >= 0.6 is 15.9 Å². The summed E-state index contributed by atoms with van der Waals surface area (Å²) in [7, 11) is 1.89. The highest BCUT2D eigenvalue weighted by Gasteiger charge is 2.04. The van der Waals surface area contributed by atoms with Gasteiger partial charge in [-0.25, -0.2) is 4.98 Å². The number of hydrogen-bond donors (Lipinski definition) is 0. The highest BCUT2D eigenvalue weighted by Crippen LogP contribution is 2.16. The molecule has 1 aromatic heterocycles. The zero-order valence-corrected chi connectivity index (χ0v) is 11.0. The fourth-order valence-corrected chi connectivity index (χ4v) is 2.05. The van der Waals surface area contributed by atoms with E-state index >= 15 is 0 Å². The van der Waals surface area contributed by atoms with Crippen LogP contribution in [0.5, 0.6) is 0 Å². The van der Waals surface area contributed by atoms with Gasteiger partial charge >= 0.3 is 0 Å². The lowest BCUT2D eigenvalue weighted by molar-refractivity contribution is 0.582. The lowest BCUT2D eigenvalue weighted by Crippen LogP contribution is -2.17. The first-order valence-electron chi connectivity index (χ1n) is 5.23. The fraction of sp³-hybridized carbons (Fsp3) is 0.154. The Hall–Kier alpha value is -1.42. The summed E-state index contributed by atoms with van der Waals surface area (Å²) in [6.45, 7) is 0.690.